The Kier molecular flexibility index (Phi) is 10.5. The van der Waals surface area contributed by atoms with Crippen molar-refractivity contribution in [3.63, 3.8) is 0 Å². The van der Waals surface area contributed by atoms with E-state index in [9.17, 15) is 4.79 Å². The molecule has 6 N–H and O–H groups in total. The fraction of sp³-hybridized carbons (Fsp3) is 0.211. The average molecular weight is 391 g/mol. The zero-order valence-electron chi connectivity index (χ0n) is 15.5. The summed E-state index contributed by atoms with van der Waals surface area (Å²) in [5.41, 5.74) is 7.46. The van der Waals surface area contributed by atoms with Crippen molar-refractivity contribution >= 4 is 17.9 Å². The topological polar surface area (TPSA) is 114 Å². The second kappa shape index (κ2) is 12.6. The van der Waals surface area contributed by atoms with Gasteiger partial charge in [-0.1, -0.05) is 35.9 Å². The van der Waals surface area contributed by atoms with Gasteiger partial charge in [0.1, 0.15) is 12.3 Å². The standard InChI is InChI=1S/C12H18N4O2S.C7H8O/c1-18-12(17)9-16(14)8-10(13)7-15-19-11-5-3-2-4-6-11;1-6-2-4-7(8)5-3-6/h2-6,8,15H,7,9,13-14H2,1H3;2-5,8H,1H3/b10-8-;. The molecular weight excluding hydrogens is 364 g/mol. The monoisotopic (exact) mass is 390 g/mol. The van der Waals surface area contributed by atoms with Crippen molar-refractivity contribution < 1.29 is 14.6 Å². The summed E-state index contributed by atoms with van der Waals surface area (Å²) in [5.74, 6) is 5.49. The van der Waals surface area contributed by atoms with E-state index < -0.39 is 5.97 Å². The molecule has 0 saturated carbocycles. The Labute approximate surface area is 164 Å². The molecule has 8 heteroatoms. The Morgan fingerprint density at radius 2 is 1.85 bits per heavy atom. The molecule has 0 aliphatic heterocycles. The summed E-state index contributed by atoms with van der Waals surface area (Å²) in [7, 11) is 1.31. The normalized spacial score (nSPS) is 10.6. The molecule has 7 nitrogen and oxygen atoms in total. The smallest absolute Gasteiger partial charge is 0.326 e. The molecule has 2 aromatic carbocycles. The minimum absolute atomic E-state index is 0.0387. The van der Waals surface area contributed by atoms with E-state index >= 15 is 0 Å². The number of esters is 1. The van der Waals surface area contributed by atoms with E-state index in [1.165, 1.54) is 35.8 Å². The van der Waals surface area contributed by atoms with Crippen LogP contribution in [0.1, 0.15) is 5.56 Å². The van der Waals surface area contributed by atoms with Crippen LogP contribution in [0.4, 0.5) is 0 Å². The third-order valence-corrected chi connectivity index (χ3v) is 3.91. The lowest BCUT2D eigenvalue weighted by molar-refractivity contribution is -0.141. The van der Waals surface area contributed by atoms with Crippen LogP contribution >= 0.6 is 11.9 Å². The van der Waals surface area contributed by atoms with Gasteiger partial charge < -0.3 is 20.6 Å². The summed E-state index contributed by atoms with van der Waals surface area (Å²) < 4.78 is 7.59. The third-order valence-electron chi connectivity index (χ3n) is 3.11. The summed E-state index contributed by atoms with van der Waals surface area (Å²) in [6, 6.07) is 16.9. The first-order valence-corrected chi connectivity index (χ1v) is 8.97. The lowest BCUT2D eigenvalue weighted by Gasteiger charge is -2.13. The molecule has 0 aliphatic carbocycles. The molecule has 0 atom stereocenters. The minimum atomic E-state index is -0.418. The van der Waals surface area contributed by atoms with Crippen molar-refractivity contribution in [3.05, 3.63) is 72.1 Å². The maximum Gasteiger partial charge on any atom is 0.326 e. The van der Waals surface area contributed by atoms with Crippen LogP contribution in [-0.4, -0.2) is 36.3 Å². The number of carbonyl (C=O) groups is 1. The molecule has 0 bridgehead atoms. The van der Waals surface area contributed by atoms with E-state index in [4.69, 9.17) is 16.7 Å². The van der Waals surface area contributed by atoms with Crippen LogP contribution in [0, 0.1) is 6.92 Å². The Balaban J connectivity index is 0.000000377. The first-order chi connectivity index (χ1) is 12.9. The lowest BCUT2D eigenvalue weighted by atomic mass is 10.2. The van der Waals surface area contributed by atoms with Crippen LogP contribution in [-0.2, 0) is 9.53 Å². The molecule has 0 aliphatic rings. The summed E-state index contributed by atoms with van der Waals surface area (Å²) in [4.78, 5) is 12.1. The van der Waals surface area contributed by atoms with Crippen LogP contribution in [0.15, 0.2) is 71.4 Å². The second-order valence-corrected chi connectivity index (χ2v) is 6.49. The van der Waals surface area contributed by atoms with Crippen molar-refractivity contribution in [1.82, 2.24) is 9.73 Å². The number of ether oxygens (including phenoxy) is 1. The lowest BCUT2D eigenvalue weighted by Crippen LogP contribution is -2.33. The van der Waals surface area contributed by atoms with Gasteiger partial charge in [-0.25, -0.2) is 5.84 Å². The van der Waals surface area contributed by atoms with Crippen LogP contribution in [0.25, 0.3) is 0 Å². The molecule has 0 aromatic heterocycles. The molecule has 0 saturated heterocycles. The van der Waals surface area contributed by atoms with E-state index in [1.807, 2.05) is 49.4 Å². The molecule has 0 unspecified atom stereocenters. The number of hydrazine groups is 1. The van der Waals surface area contributed by atoms with Crippen LogP contribution < -0.4 is 16.3 Å². The Morgan fingerprint density at radius 1 is 1.22 bits per heavy atom. The van der Waals surface area contributed by atoms with Crippen molar-refractivity contribution in [1.29, 1.82) is 0 Å². The predicted octanol–water partition coefficient (Wildman–Crippen LogP) is 2.13. The Hall–Kier alpha value is -2.68. The highest BCUT2D eigenvalue weighted by Gasteiger charge is 2.03. The Morgan fingerprint density at radius 3 is 2.41 bits per heavy atom. The average Bonchev–Trinajstić information content (AvgIpc) is 2.65. The number of phenols is 1. The number of phenolic OH excluding ortho intramolecular Hbond substituents is 1. The van der Waals surface area contributed by atoms with E-state index in [0.717, 1.165) is 4.90 Å². The maximum absolute atomic E-state index is 11.0. The van der Waals surface area contributed by atoms with E-state index in [1.54, 1.807) is 12.1 Å². The van der Waals surface area contributed by atoms with Gasteiger partial charge in [-0.05, 0) is 43.1 Å². The van der Waals surface area contributed by atoms with Gasteiger partial charge in [0.15, 0.2) is 0 Å². The summed E-state index contributed by atoms with van der Waals surface area (Å²) in [6.45, 7) is 2.40. The summed E-state index contributed by atoms with van der Waals surface area (Å²) in [6.07, 6.45) is 1.50. The molecule has 2 rings (SSSR count). The van der Waals surface area contributed by atoms with E-state index in [2.05, 4.69) is 9.46 Å². The van der Waals surface area contributed by atoms with Crippen molar-refractivity contribution in [2.75, 3.05) is 20.2 Å². The molecule has 0 radical (unpaired) electrons. The van der Waals surface area contributed by atoms with Crippen molar-refractivity contribution in [3.8, 4) is 5.75 Å². The van der Waals surface area contributed by atoms with Gasteiger partial charge in [-0.3, -0.25) is 9.52 Å². The number of nitrogens with one attached hydrogen (secondary N) is 1. The number of aryl methyl sites for hydroxylation is 1. The van der Waals surface area contributed by atoms with Gasteiger partial charge in [-0.2, -0.15) is 0 Å². The molecule has 0 spiro atoms. The van der Waals surface area contributed by atoms with Crippen molar-refractivity contribution in [2.45, 2.75) is 11.8 Å². The third kappa shape index (κ3) is 10.8. The summed E-state index contributed by atoms with van der Waals surface area (Å²) in [5, 5.41) is 9.95. The van der Waals surface area contributed by atoms with Gasteiger partial charge in [0.2, 0.25) is 0 Å². The molecule has 0 heterocycles. The number of rotatable bonds is 7. The van der Waals surface area contributed by atoms with Crippen LogP contribution in [0.2, 0.25) is 0 Å². The van der Waals surface area contributed by atoms with Gasteiger partial charge in [0, 0.05) is 23.3 Å². The van der Waals surface area contributed by atoms with Crippen LogP contribution in [0.3, 0.4) is 0 Å². The first kappa shape index (κ1) is 22.4. The largest absolute Gasteiger partial charge is 0.508 e. The zero-order valence-corrected chi connectivity index (χ0v) is 16.3. The molecular formula is C19H26N4O3S. The van der Waals surface area contributed by atoms with Crippen molar-refractivity contribution in [2.24, 2.45) is 11.6 Å². The molecule has 2 aromatic rings. The second-order valence-electron chi connectivity index (χ2n) is 5.52. The number of nitrogens with zero attached hydrogens (tertiary/aromatic N) is 1. The summed E-state index contributed by atoms with van der Waals surface area (Å²) >= 11 is 1.47. The number of methoxy groups -OCH3 is 1. The molecule has 146 valence electrons. The number of hydrogen-bond acceptors (Lipinski definition) is 8. The van der Waals surface area contributed by atoms with Crippen LogP contribution in [0.5, 0.6) is 5.75 Å². The Bertz CT molecular complexity index is 688. The first-order valence-electron chi connectivity index (χ1n) is 8.15. The number of nitrogens with two attached hydrogens (primary N) is 2. The van der Waals surface area contributed by atoms with Gasteiger partial charge in [-0.15, -0.1) is 0 Å². The minimum Gasteiger partial charge on any atom is -0.508 e. The fourth-order valence-electron chi connectivity index (χ4n) is 1.75. The van der Waals surface area contributed by atoms with Gasteiger partial charge in [0.25, 0.3) is 0 Å². The molecule has 27 heavy (non-hydrogen) atoms. The highest BCUT2D eigenvalue weighted by Crippen LogP contribution is 2.12. The highest BCUT2D eigenvalue weighted by molar-refractivity contribution is 7.97. The number of aromatic hydroxyl groups is 1. The quantitative estimate of drug-likeness (QED) is 0.246. The maximum atomic E-state index is 11.0. The highest BCUT2D eigenvalue weighted by atomic mass is 32.2. The number of carbonyl (C=O) groups excluding carboxylic acids is 1. The number of hydrogen-bond donors (Lipinski definition) is 4. The number of benzene rings is 2. The van der Waals surface area contributed by atoms with E-state index in [-0.39, 0.29) is 6.54 Å². The van der Waals surface area contributed by atoms with Gasteiger partial charge in [0.05, 0.1) is 7.11 Å². The van der Waals surface area contributed by atoms with Gasteiger partial charge >= 0.3 is 5.97 Å². The SMILES string of the molecule is COC(=O)CN(N)/C=C(\N)CNSc1ccccc1.Cc1ccc(O)cc1. The predicted molar refractivity (Wildman–Crippen MR) is 108 cm³/mol. The molecule has 0 fully saturated rings. The fourth-order valence-corrected chi connectivity index (χ4v) is 2.45. The van der Waals surface area contributed by atoms with E-state index in [0.29, 0.717) is 18.0 Å². The zero-order chi connectivity index (χ0) is 20.1. The molecule has 0 amide bonds.